The Morgan fingerprint density at radius 3 is 2.56 bits per heavy atom. The van der Waals surface area contributed by atoms with Gasteiger partial charge in [0.05, 0.1) is 0 Å². The van der Waals surface area contributed by atoms with Gasteiger partial charge in [-0.2, -0.15) is 0 Å². The van der Waals surface area contributed by atoms with Crippen molar-refractivity contribution in [2.75, 3.05) is 0 Å². The monoisotopic (exact) mass is 233 g/mol. The summed E-state index contributed by atoms with van der Waals surface area (Å²) in [7, 11) is 0. The molecule has 2 nitrogen and oxygen atoms in total. The van der Waals surface area contributed by atoms with Gasteiger partial charge < -0.3 is 0 Å². The number of pyridine rings is 1. The molecule has 0 bridgehead atoms. The van der Waals surface area contributed by atoms with E-state index in [1.165, 1.54) is 5.39 Å². The molecule has 2 heteroatoms. The number of rotatable bonds is 2. The molecule has 0 radical (unpaired) electrons. The summed E-state index contributed by atoms with van der Waals surface area (Å²) < 4.78 is 0. The van der Waals surface area contributed by atoms with E-state index < -0.39 is 0 Å². The minimum absolute atomic E-state index is 0.479. The summed E-state index contributed by atoms with van der Waals surface area (Å²) in [6.07, 6.45) is 2.43. The summed E-state index contributed by atoms with van der Waals surface area (Å²) in [5.41, 5.74) is 2.37. The molecule has 86 valence electrons. The zero-order valence-corrected chi connectivity index (χ0v) is 9.71. The van der Waals surface area contributed by atoms with Crippen LogP contribution in [0.15, 0.2) is 60.8 Å². The molecule has 18 heavy (non-hydrogen) atoms. The number of hydrogen-bond donors (Lipinski definition) is 0. The van der Waals surface area contributed by atoms with E-state index >= 15 is 0 Å². The lowest BCUT2D eigenvalue weighted by Gasteiger charge is -2.05. The van der Waals surface area contributed by atoms with Crippen LogP contribution in [0.25, 0.3) is 21.9 Å². The zero-order chi connectivity index (χ0) is 12.4. The van der Waals surface area contributed by atoms with Gasteiger partial charge in [0, 0.05) is 11.8 Å². The van der Waals surface area contributed by atoms with Crippen molar-refractivity contribution in [1.82, 2.24) is 4.98 Å². The summed E-state index contributed by atoms with van der Waals surface area (Å²) in [5, 5.41) is 2.36. The highest BCUT2D eigenvalue weighted by molar-refractivity contribution is 5.91. The Morgan fingerprint density at radius 1 is 0.889 bits per heavy atom. The lowest BCUT2D eigenvalue weighted by molar-refractivity contribution is 0.111. The lowest BCUT2D eigenvalue weighted by atomic mass is 10.0. The van der Waals surface area contributed by atoms with Crippen LogP contribution >= 0.6 is 0 Å². The first-order valence-electron chi connectivity index (χ1n) is 5.78. The molecule has 3 rings (SSSR count). The van der Waals surface area contributed by atoms with Crippen LogP contribution in [-0.2, 0) is 0 Å². The number of benzene rings is 2. The maximum absolute atomic E-state index is 11.0. The molecule has 0 aliphatic carbocycles. The van der Waals surface area contributed by atoms with Gasteiger partial charge in [-0.15, -0.1) is 0 Å². The smallest absolute Gasteiger partial charge is 0.169 e. The number of carbonyl (C=O) groups is 1. The summed E-state index contributed by atoms with van der Waals surface area (Å²) >= 11 is 0. The Balaban J connectivity index is 2.22. The fourth-order valence-corrected chi connectivity index (χ4v) is 2.11. The predicted molar refractivity (Wildman–Crippen MR) is 72.6 cm³/mol. The number of aldehydes is 1. The van der Waals surface area contributed by atoms with Gasteiger partial charge in [0.1, 0.15) is 5.69 Å². The van der Waals surface area contributed by atoms with E-state index in [1.807, 2.05) is 30.3 Å². The molecule has 0 saturated heterocycles. The first-order chi connectivity index (χ1) is 8.88. The molecule has 0 unspecified atom stereocenters. The molecule has 0 N–H and O–H groups in total. The van der Waals surface area contributed by atoms with Crippen molar-refractivity contribution in [1.29, 1.82) is 0 Å². The number of aromatic nitrogens is 1. The first-order valence-corrected chi connectivity index (χ1v) is 5.78. The maximum atomic E-state index is 11.0. The van der Waals surface area contributed by atoms with Crippen molar-refractivity contribution in [3.63, 3.8) is 0 Å². The second-order valence-corrected chi connectivity index (χ2v) is 4.12. The van der Waals surface area contributed by atoms with Gasteiger partial charge in [0.15, 0.2) is 6.29 Å². The molecule has 2 aromatic carbocycles. The fourth-order valence-electron chi connectivity index (χ4n) is 2.11. The fraction of sp³-hybridized carbons (Fsp3) is 0. The van der Waals surface area contributed by atoms with Crippen LogP contribution in [0.2, 0.25) is 0 Å². The third-order valence-corrected chi connectivity index (χ3v) is 3.01. The summed E-state index contributed by atoms with van der Waals surface area (Å²) in [5.74, 6) is 0. The molecule has 3 aromatic rings. The van der Waals surface area contributed by atoms with E-state index in [1.54, 1.807) is 6.20 Å². The largest absolute Gasteiger partial charge is 0.296 e. The Kier molecular flexibility index (Phi) is 2.61. The lowest BCUT2D eigenvalue weighted by Crippen LogP contribution is -1.91. The van der Waals surface area contributed by atoms with Crippen LogP contribution in [-0.4, -0.2) is 11.3 Å². The third-order valence-electron chi connectivity index (χ3n) is 3.01. The number of nitrogens with zero attached hydrogens (tertiary/aromatic N) is 1. The van der Waals surface area contributed by atoms with Crippen molar-refractivity contribution >= 4 is 17.1 Å². The predicted octanol–water partition coefficient (Wildman–Crippen LogP) is 3.71. The van der Waals surface area contributed by atoms with E-state index in [4.69, 9.17) is 0 Å². The zero-order valence-electron chi connectivity index (χ0n) is 9.71. The van der Waals surface area contributed by atoms with Crippen LogP contribution in [0.3, 0.4) is 0 Å². The average molecular weight is 233 g/mol. The Labute approximate surface area is 105 Å². The minimum Gasteiger partial charge on any atom is -0.296 e. The minimum atomic E-state index is 0.479. The quantitative estimate of drug-likeness (QED) is 0.631. The van der Waals surface area contributed by atoms with Crippen LogP contribution < -0.4 is 0 Å². The molecular weight excluding hydrogens is 222 g/mol. The van der Waals surface area contributed by atoms with Gasteiger partial charge >= 0.3 is 0 Å². The summed E-state index contributed by atoms with van der Waals surface area (Å²) in [6.45, 7) is 0. The van der Waals surface area contributed by atoms with Gasteiger partial charge in [-0.25, -0.2) is 0 Å². The second kappa shape index (κ2) is 4.41. The van der Waals surface area contributed by atoms with Crippen LogP contribution in [0.5, 0.6) is 0 Å². The van der Waals surface area contributed by atoms with Gasteiger partial charge in [0.2, 0.25) is 0 Å². The average Bonchev–Trinajstić information content (AvgIpc) is 2.46. The van der Waals surface area contributed by atoms with Gasteiger partial charge in [-0.3, -0.25) is 9.78 Å². The van der Waals surface area contributed by atoms with E-state index in [2.05, 4.69) is 29.2 Å². The number of fused-ring (bicyclic) bond motifs is 1. The molecular formula is C16H11NO. The van der Waals surface area contributed by atoms with Crippen LogP contribution in [0, 0.1) is 0 Å². The van der Waals surface area contributed by atoms with Crippen LogP contribution in [0.4, 0.5) is 0 Å². The topological polar surface area (TPSA) is 30.0 Å². The summed E-state index contributed by atoms with van der Waals surface area (Å²) in [4.78, 5) is 15.1. The van der Waals surface area contributed by atoms with Crippen molar-refractivity contribution in [2.24, 2.45) is 0 Å². The number of carbonyl (C=O) groups excluding carboxylic acids is 1. The molecule has 1 aromatic heterocycles. The standard InChI is InChI=1S/C16H11NO/c18-11-16-15(6-3-9-17-16)14-8-7-12-4-1-2-5-13(12)10-14/h1-11H. The van der Waals surface area contributed by atoms with E-state index in [0.717, 1.165) is 22.8 Å². The molecule has 0 saturated carbocycles. The Hall–Kier alpha value is -2.48. The first kappa shape index (κ1) is 10.7. The van der Waals surface area contributed by atoms with Gasteiger partial charge in [-0.05, 0) is 28.5 Å². The van der Waals surface area contributed by atoms with Crippen molar-refractivity contribution in [3.8, 4) is 11.1 Å². The molecule has 0 aliphatic rings. The molecule has 0 amide bonds. The number of hydrogen-bond acceptors (Lipinski definition) is 2. The highest BCUT2D eigenvalue weighted by atomic mass is 16.1. The Bertz CT molecular complexity index is 719. The van der Waals surface area contributed by atoms with E-state index in [9.17, 15) is 4.79 Å². The highest BCUT2D eigenvalue weighted by Gasteiger charge is 2.05. The Morgan fingerprint density at radius 2 is 1.72 bits per heavy atom. The maximum Gasteiger partial charge on any atom is 0.169 e. The van der Waals surface area contributed by atoms with E-state index in [0.29, 0.717) is 5.69 Å². The van der Waals surface area contributed by atoms with Gasteiger partial charge in [-0.1, -0.05) is 42.5 Å². The molecule has 1 heterocycles. The molecule has 0 aliphatic heterocycles. The van der Waals surface area contributed by atoms with Crippen molar-refractivity contribution in [3.05, 3.63) is 66.5 Å². The van der Waals surface area contributed by atoms with Crippen LogP contribution in [0.1, 0.15) is 10.5 Å². The third kappa shape index (κ3) is 1.78. The second-order valence-electron chi connectivity index (χ2n) is 4.12. The highest BCUT2D eigenvalue weighted by Crippen LogP contribution is 2.25. The van der Waals surface area contributed by atoms with Crippen molar-refractivity contribution < 1.29 is 4.79 Å². The molecule has 0 spiro atoms. The van der Waals surface area contributed by atoms with Crippen molar-refractivity contribution in [2.45, 2.75) is 0 Å². The molecule has 0 fully saturated rings. The summed E-state index contributed by atoms with van der Waals surface area (Å²) in [6, 6.07) is 18.1. The normalized spacial score (nSPS) is 10.4. The van der Waals surface area contributed by atoms with E-state index in [-0.39, 0.29) is 0 Å². The SMILES string of the molecule is O=Cc1ncccc1-c1ccc2ccccc2c1. The van der Waals surface area contributed by atoms with Gasteiger partial charge in [0.25, 0.3) is 0 Å². The molecule has 0 atom stereocenters.